The number of allylic oxidation sites excluding steroid dienone is 2. The van der Waals surface area contributed by atoms with Gasteiger partial charge in [0.2, 0.25) is 0 Å². The van der Waals surface area contributed by atoms with Crippen LogP contribution in [0.15, 0.2) is 54.3 Å². The number of rotatable bonds is 10. The second kappa shape index (κ2) is 16.3. The number of nitrogens with zero attached hydrogens (tertiary/aromatic N) is 1. The van der Waals surface area contributed by atoms with Crippen LogP contribution in [-0.4, -0.2) is 27.7 Å². The van der Waals surface area contributed by atoms with Crippen LogP contribution in [-0.2, 0) is 31.3 Å². The predicted molar refractivity (Wildman–Crippen MR) is 159 cm³/mol. The maximum Gasteiger partial charge on any atom is 0.389 e. The van der Waals surface area contributed by atoms with E-state index in [0.29, 0.717) is 19.3 Å². The van der Waals surface area contributed by atoms with Crippen LogP contribution < -0.4 is 0 Å². The van der Waals surface area contributed by atoms with E-state index in [1.807, 2.05) is 51.1 Å². The normalized spacial score (nSPS) is 12.9. The zero-order chi connectivity index (χ0) is 31.0. The molecule has 1 N–H and O–H groups in total. The molecule has 1 aromatic heterocycles. The van der Waals surface area contributed by atoms with Crippen LogP contribution in [0.3, 0.4) is 0 Å². The van der Waals surface area contributed by atoms with E-state index in [4.69, 9.17) is 4.98 Å². The summed E-state index contributed by atoms with van der Waals surface area (Å²) >= 11 is 0. The number of hydrogen-bond acceptors (Lipinski definition) is 3. The molecular weight excluding hydrogens is 723 g/mol. The zero-order valence-corrected chi connectivity index (χ0v) is 27.9. The number of halogens is 4. The number of fused-ring (bicyclic) bond motifs is 1. The maximum atomic E-state index is 14.2. The molecule has 0 bridgehead atoms. The number of carbonyl (C=O) groups is 1. The number of alkyl halides is 4. The number of carbonyl (C=O) groups excluding carboxylic acids is 1. The van der Waals surface area contributed by atoms with Gasteiger partial charge in [0, 0.05) is 49.8 Å². The van der Waals surface area contributed by atoms with Crippen molar-refractivity contribution in [1.29, 1.82) is 0 Å². The minimum Gasteiger partial charge on any atom is -0.512 e. The second-order valence-electron chi connectivity index (χ2n) is 11.2. The van der Waals surface area contributed by atoms with Crippen molar-refractivity contribution in [3.8, 4) is 11.3 Å². The first-order chi connectivity index (χ1) is 19.1. The maximum absolute atomic E-state index is 14.2. The van der Waals surface area contributed by atoms with Crippen LogP contribution in [0, 0.1) is 31.7 Å². The number of pyridine rings is 1. The Hall–Kier alpha value is -2.57. The molecule has 233 valence electrons. The first-order valence-corrected chi connectivity index (χ1v) is 14.2. The van der Waals surface area contributed by atoms with Crippen LogP contribution in [0.2, 0.25) is 0 Å². The molecule has 1 unspecified atom stereocenters. The van der Waals surface area contributed by atoms with Crippen molar-refractivity contribution < 1.29 is 47.6 Å². The van der Waals surface area contributed by atoms with Gasteiger partial charge in [0.1, 0.15) is 5.67 Å². The van der Waals surface area contributed by atoms with E-state index in [1.165, 1.54) is 12.5 Å². The minimum absolute atomic E-state index is 0. The summed E-state index contributed by atoms with van der Waals surface area (Å²) in [4.78, 5) is 16.4. The van der Waals surface area contributed by atoms with E-state index in [1.54, 1.807) is 13.8 Å². The molecule has 0 amide bonds. The summed E-state index contributed by atoms with van der Waals surface area (Å²) in [5.41, 5.74) is 4.72. The molecule has 1 radical (unpaired) electrons. The van der Waals surface area contributed by atoms with Crippen LogP contribution >= 0.6 is 0 Å². The molecular formula is C34H42F4IrNO2-. The van der Waals surface area contributed by atoms with Crippen molar-refractivity contribution in [3.05, 3.63) is 77.1 Å². The van der Waals surface area contributed by atoms with Crippen molar-refractivity contribution in [2.24, 2.45) is 11.8 Å². The van der Waals surface area contributed by atoms with Crippen LogP contribution in [0.5, 0.6) is 0 Å². The Bertz CT molecular complexity index is 1320. The Morgan fingerprint density at radius 2 is 1.57 bits per heavy atom. The Kier molecular flexibility index (Phi) is 14.6. The molecule has 42 heavy (non-hydrogen) atoms. The molecule has 3 nitrogen and oxygen atoms in total. The van der Waals surface area contributed by atoms with E-state index in [0.717, 1.165) is 39.4 Å². The zero-order valence-electron chi connectivity index (χ0n) is 25.5. The van der Waals surface area contributed by atoms with Gasteiger partial charge in [-0.25, -0.2) is 4.39 Å². The van der Waals surface area contributed by atoms with Gasteiger partial charge in [-0.3, -0.25) is 9.78 Å². The predicted octanol–water partition coefficient (Wildman–Crippen LogP) is 10.0. The minimum atomic E-state index is -4.35. The van der Waals surface area contributed by atoms with Gasteiger partial charge in [0.25, 0.3) is 0 Å². The number of hydrogen-bond donors (Lipinski definition) is 1. The number of benzene rings is 2. The summed E-state index contributed by atoms with van der Waals surface area (Å²) in [6.45, 7) is 12.6. The fourth-order valence-corrected chi connectivity index (χ4v) is 4.83. The molecule has 0 fully saturated rings. The Morgan fingerprint density at radius 3 is 2.10 bits per heavy atom. The molecule has 8 heteroatoms. The van der Waals surface area contributed by atoms with Crippen LogP contribution in [0.1, 0.15) is 77.0 Å². The van der Waals surface area contributed by atoms with Gasteiger partial charge in [-0.1, -0.05) is 58.9 Å². The van der Waals surface area contributed by atoms with E-state index in [9.17, 15) is 27.5 Å². The molecule has 0 aliphatic heterocycles. The standard InChI is InChI=1S/C21H21FN.C13H21F3O2.Ir/c1-14-9-15(2)11-16(10-14)20-12-17(13-21(3,4)22)18-7-5-6-8-19(18)23-20;1-4-9(5-2)11(17)7-12(18)10(6-3)8-13(14,15)16;/h5-10,12H,13H2,1-4H3;7,9-10,17H,4-6,8H2,1-3H3;/q-1;;/b;11-7-;. The number of para-hydroxylation sites is 1. The van der Waals surface area contributed by atoms with Crippen molar-refractivity contribution in [2.45, 2.75) is 92.4 Å². The summed E-state index contributed by atoms with van der Waals surface area (Å²) in [6.07, 6.45) is -2.72. The number of aromatic nitrogens is 1. The summed E-state index contributed by atoms with van der Waals surface area (Å²) in [5.74, 6) is -2.00. The fraction of sp³-hybridized carbons (Fsp3) is 0.471. The third-order valence-electron chi connectivity index (χ3n) is 6.90. The molecule has 1 heterocycles. The van der Waals surface area contributed by atoms with Gasteiger partial charge < -0.3 is 5.11 Å². The molecule has 3 aromatic rings. The van der Waals surface area contributed by atoms with Crippen LogP contribution in [0.25, 0.3) is 22.2 Å². The molecule has 0 spiro atoms. The van der Waals surface area contributed by atoms with Crippen molar-refractivity contribution >= 4 is 16.7 Å². The number of aliphatic hydroxyl groups excluding tert-OH is 1. The van der Waals surface area contributed by atoms with Gasteiger partial charge in [-0.05, 0) is 50.4 Å². The Morgan fingerprint density at radius 1 is 0.976 bits per heavy atom. The molecule has 1 atom stereocenters. The Balaban J connectivity index is 0.000000425. The monoisotopic (exact) mass is 765 g/mol. The number of ketones is 1. The average Bonchev–Trinajstić information content (AvgIpc) is 2.86. The third-order valence-corrected chi connectivity index (χ3v) is 6.90. The average molecular weight is 765 g/mol. The fourth-order valence-electron chi connectivity index (χ4n) is 4.83. The van der Waals surface area contributed by atoms with E-state index in [-0.39, 0.29) is 38.2 Å². The van der Waals surface area contributed by atoms with Gasteiger partial charge in [0.05, 0.1) is 17.7 Å². The van der Waals surface area contributed by atoms with E-state index < -0.39 is 30.0 Å². The number of aryl methyl sites for hydroxylation is 2. The van der Waals surface area contributed by atoms with Gasteiger partial charge in [-0.15, -0.1) is 34.9 Å². The van der Waals surface area contributed by atoms with Crippen LogP contribution in [0.4, 0.5) is 17.6 Å². The van der Waals surface area contributed by atoms with E-state index >= 15 is 0 Å². The molecule has 0 saturated heterocycles. The second-order valence-corrected chi connectivity index (χ2v) is 11.2. The molecule has 0 aliphatic carbocycles. The van der Waals surface area contributed by atoms with Gasteiger partial charge in [0.15, 0.2) is 5.78 Å². The van der Waals surface area contributed by atoms with Crippen molar-refractivity contribution in [2.75, 3.05) is 0 Å². The summed E-state index contributed by atoms with van der Waals surface area (Å²) in [7, 11) is 0. The summed E-state index contributed by atoms with van der Waals surface area (Å²) < 4.78 is 51.0. The molecule has 0 aliphatic rings. The van der Waals surface area contributed by atoms with Crippen molar-refractivity contribution in [1.82, 2.24) is 4.98 Å². The topological polar surface area (TPSA) is 50.2 Å². The first kappa shape index (κ1) is 37.5. The first-order valence-electron chi connectivity index (χ1n) is 14.2. The molecule has 2 aromatic carbocycles. The van der Waals surface area contributed by atoms with Crippen molar-refractivity contribution in [3.63, 3.8) is 0 Å². The third kappa shape index (κ3) is 12.0. The largest absolute Gasteiger partial charge is 0.512 e. The Labute approximate surface area is 261 Å². The summed E-state index contributed by atoms with van der Waals surface area (Å²) in [5, 5.41) is 10.7. The SMILES string of the molecule is CCC(CC(F)(F)F)C(=O)/C=C(\O)C(CC)CC.Cc1[c-]c(-c2cc(CC(C)(C)F)c3ccccc3n2)cc(C)c1.[Ir]. The van der Waals surface area contributed by atoms with Gasteiger partial charge in [-0.2, -0.15) is 13.2 Å². The van der Waals surface area contributed by atoms with Gasteiger partial charge >= 0.3 is 6.18 Å². The number of aliphatic hydroxyl groups is 1. The quantitative estimate of drug-likeness (QED) is 0.0969. The smallest absolute Gasteiger partial charge is 0.389 e. The summed E-state index contributed by atoms with van der Waals surface area (Å²) in [6, 6.07) is 17.5. The molecule has 3 rings (SSSR count). The molecule has 0 saturated carbocycles. The van der Waals surface area contributed by atoms with E-state index in [2.05, 4.69) is 25.1 Å².